The van der Waals surface area contributed by atoms with Gasteiger partial charge in [-0.2, -0.15) is 0 Å². The molecule has 0 bridgehead atoms. The molecule has 0 fully saturated rings. The lowest BCUT2D eigenvalue weighted by atomic mass is 10.1. The van der Waals surface area contributed by atoms with Crippen LogP contribution in [0.3, 0.4) is 0 Å². The molecule has 0 aliphatic rings. The van der Waals surface area contributed by atoms with Crippen LogP contribution in [0.2, 0.25) is 0 Å². The van der Waals surface area contributed by atoms with E-state index < -0.39 is 0 Å². The van der Waals surface area contributed by atoms with Gasteiger partial charge in [0.25, 0.3) is 5.56 Å². The second kappa shape index (κ2) is 5.89. The Morgan fingerprint density at radius 2 is 1.84 bits per heavy atom. The minimum atomic E-state index is -0.144. The summed E-state index contributed by atoms with van der Waals surface area (Å²) in [7, 11) is 0. The van der Waals surface area contributed by atoms with Crippen LogP contribution in [0.5, 0.6) is 0 Å². The quantitative estimate of drug-likeness (QED) is 0.635. The smallest absolute Gasteiger partial charge is 0.251 e. The molecule has 0 radical (unpaired) electrons. The Kier molecular flexibility index (Phi) is 4.22. The molecule has 0 aliphatic heterocycles. The molecule has 1 aromatic carbocycles. The number of rotatable bonds is 4. The Morgan fingerprint density at radius 1 is 1.16 bits per heavy atom. The van der Waals surface area contributed by atoms with E-state index in [-0.39, 0.29) is 17.9 Å². The van der Waals surface area contributed by atoms with Crippen LogP contribution < -0.4 is 5.56 Å². The third-order valence-corrected chi connectivity index (χ3v) is 3.73. The van der Waals surface area contributed by atoms with E-state index >= 15 is 0 Å². The number of hydrogen-bond donors (Lipinski definition) is 0. The van der Waals surface area contributed by atoms with Crippen molar-refractivity contribution >= 4 is 17.5 Å². The number of aryl methyl sites for hydroxylation is 1. The predicted molar refractivity (Wildman–Crippen MR) is 78.0 cm³/mol. The monoisotopic (exact) mass is 273 g/mol. The SMILES string of the molecule is CSc1ccc(C(=O)Cn2c(C)cccc2=O)cc1. The molecule has 4 heteroatoms. The first-order valence-corrected chi connectivity index (χ1v) is 7.18. The zero-order valence-corrected chi connectivity index (χ0v) is 11.7. The number of carbonyl (C=O) groups excluding carboxylic acids is 1. The highest BCUT2D eigenvalue weighted by Gasteiger charge is 2.09. The second-order valence-corrected chi connectivity index (χ2v) is 5.12. The van der Waals surface area contributed by atoms with Gasteiger partial charge in [-0.3, -0.25) is 9.59 Å². The van der Waals surface area contributed by atoms with Gasteiger partial charge >= 0.3 is 0 Å². The van der Waals surface area contributed by atoms with Gasteiger partial charge in [-0.15, -0.1) is 11.8 Å². The summed E-state index contributed by atoms with van der Waals surface area (Å²) in [5.74, 6) is -0.0518. The van der Waals surface area contributed by atoms with E-state index in [9.17, 15) is 9.59 Å². The molecule has 2 rings (SSSR count). The van der Waals surface area contributed by atoms with Crippen molar-refractivity contribution in [3.63, 3.8) is 0 Å². The van der Waals surface area contributed by atoms with Gasteiger partial charge in [-0.05, 0) is 31.4 Å². The number of carbonyl (C=O) groups is 1. The minimum Gasteiger partial charge on any atom is -0.305 e. The Bertz CT molecular complexity index is 644. The number of benzene rings is 1. The summed E-state index contributed by atoms with van der Waals surface area (Å²) in [5, 5.41) is 0. The van der Waals surface area contributed by atoms with Crippen LogP contribution in [0.15, 0.2) is 52.2 Å². The van der Waals surface area contributed by atoms with Crippen molar-refractivity contribution in [3.8, 4) is 0 Å². The molecule has 19 heavy (non-hydrogen) atoms. The highest BCUT2D eigenvalue weighted by molar-refractivity contribution is 7.98. The Labute approximate surface area is 116 Å². The highest BCUT2D eigenvalue weighted by Crippen LogP contribution is 2.15. The number of pyridine rings is 1. The molecule has 0 spiro atoms. The lowest BCUT2D eigenvalue weighted by molar-refractivity contribution is 0.0970. The van der Waals surface area contributed by atoms with Gasteiger partial charge in [-0.25, -0.2) is 0 Å². The maximum atomic E-state index is 12.2. The van der Waals surface area contributed by atoms with Crippen LogP contribution >= 0.6 is 11.8 Å². The molecular formula is C15H15NO2S. The number of nitrogens with zero attached hydrogens (tertiary/aromatic N) is 1. The molecule has 3 nitrogen and oxygen atoms in total. The molecule has 0 amide bonds. The van der Waals surface area contributed by atoms with E-state index in [1.807, 2.05) is 31.4 Å². The topological polar surface area (TPSA) is 39.1 Å². The normalized spacial score (nSPS) is 10.4. The van der Waals surface area contributed by atoms with Crippen molar-refractivity contribution in [2.45, 2.75) is 18.4 Å². The average Bonchev–Trinajstić information content (AvgIpc) is 2.43. The fourth-order valence-electron chi connectivity index (χ4n) is 1.84. The lowest BCUT2D eigenvalue weighted by Gasteiger charge is -2.08. The van der Waals surface area contributed by atoms with Crippen LogP contribution in [0.4, 0.5) is 0 Å². The van der Waals surface area contributed by atoms with E-state index in [1.165, 1.54) is 10.6 Å². The van der Waals surface area contributed by atoms with Gasteiger partial charge in [0, 0.05) is 22.2 Å². The van der Waals surface area contributed by atoms with Gasteiger partial charge in [0.2, 0.25) is 0 Å². The molecule has 0 saturated heterocycles. The van der Waals surface area contributed by atoms with Gasteiger partial charge in [0.05, 0.1) is 6.54 Å². The molecule has 0 aliphatic carbocycles. The summed E-state index contributed by atoms with van der Waals surface area (Å²) in [5.41, 5.74) is 1.28. The highest BCUT2D eigenvalue weighted by atomic mass is 32.2. The summed E-state index contributed by atoms with van der Waals surface area (Å²) in [4.78, 5) is 25.0. The zero-order chi connectivity index (χ0) is 13.8. The van der Waals surface area contributed by atoms with Crippen LogP contribution in [-0.4, -0.2) is 16.6 Å². The third kappa shape index (κ3) is 3.15. The van der Waals surface area contributed by atoms with E-state index in [4.69, 9.17) is 0 Å². The molecule has 0 saturated carbocycles. The third-order valence-electron chi connectivity index (χ3n) is 2.98. The molecule has 0 unspecified atom stereocenters. The largest absolute Gasteiger partial charge is 0.305 e. The Morgan fingerprint density at radius 3 is 2.42 bits per heavy atom. The maximum absolute atomic E-state index is 12.2. The first-order chi connectivity index (χ1) is 9.11. The summed E-state index contributed by atoms with van der Waals surface area (Å²) >= 11 is 1.63. The Balaban J connectivity index is 2.23. The summed E-state index contributed by atoms with van der Waals surface area (Å²) in [6.45, 7) is 1.91. The first kappa shape index (κ1) is 13.6. The first-order valence-electron chi connectivity index (χ1n) is 5.95. The van der Waals surface area contributed by atoms with Crippen LogP contribution in [0.1, 0.15) is 16.1 Å². The van der Waals surface area contributed by atoms with Crippen LogP contribution in [0.25, 0.3) is 0 Å². The van der Waals surface area contributed by atoms with Crippen molar-refractivity contribution in [2.24, 2.45) is 0 Å². The summed E-state index contributed by atoms with van der Waals surface area (Å²) in [6, 6.07) is 12.4. The van der Waals surface area contributed by atoms with E-state index in [0.717, 1.165) is 10.6 Å². The van der Waals surface area contributed by atoms with Crippen molar-refractivity contribution in [2.75, 3.05) is 6.26 Å². The molecule has 0 N–H and O–H groups in total. The fourth-order valence-corrected chi connectivity index (χ4v) is 2.25. The maximum Gasteiger partial charge on any atom is 0.251 e. The number of aromatic nitrogens is 1. The van der Waals surface area contributed by atoms with Crippen molar-refractivity contribution in [1.29, 1.82) is 0 Å². The van der Waals surface area contributed by atoms with E-state index in [1.54, 1.807) is 30.0 Å². The second-order valence-electron chi connectivity index (χ2n) is 4.24. The number of hydrogen-bond acceptors (Lipinski definition) is 3. The molecule has 1 aromatic heterocycles. The standard InChI is InChI=1S/C15H15NO2S/c1-11-4-3-5-15(18)16(11)10-14(17)12-6-8-13(19-2)9-7-12/h3-9H,10H2,1-2H3. The van der Waals surface area contributed by atoms with Crippen molar-refractivity contribution in [3.05, 3.63) is 64.1 Å². The van der Waals surface area contributed by atoms with Gasteiger partial charge in [0.15, 0.2) is 5.78 Å². The number of ketones is 1. The molecule has 2 aromatic rings. The van der Waals surface area contributed by atoms with E-state index in [2.05, 4.69) is 0 Å². The van der Waals surface area contributed by atoms with Crippen LogP contribution in [-0.2, 0) is 6.54 Å². The van der Waals surface area contributed by atoms with Gasteiger partial charge < -0.3 is 4.57 Å². The van der Waals surface area contributed by atoms with Gasteiger partial charge in [-0.1, -0.05) is 18.2 Å². The van der Waals surface area contributed by atoms with Crippen molar-refractivity contribution in [1.82, 2.24) is 4.57 Å². The predicted octanol–water partition coefficient (Wildman–Crippen LogP) is 2.76. The minimum absolute atomic E-state index is 0.0518. The fraction of sp³-hybridized carbons (Fsp3) is 0.200. The van der Waals surface area contributed by atoms with Crippen LogP contribution in [0, 0.1) is 6.92 Å². The zero-order valence-electron chi connectivity index (χ0n) is 10.9. The van der Waals surface area contributed by atoms with Crippen molar-refractivity contribution < 1.29 is 4.79 Å². The molecule has 98 valence electrons. The lowest BCUT2D eigenvalue weighted by Crippen LogP contribution is -2.25. The van der Waals surface area contributed by atoms with Gasteiger partial charge in [0.1, 0.15) is 0 Å². The molecule has 1 heterocycles. The number of thioether (sulfide) groups is 1. The Hall–Kier alpha value is -1.81. The molecular weight excluding hydrogens is 258 g/mol. The van der Waals surface area contributed by atoms with E-state index in [0.29, 0.717) is 5.56 Å². The number of Topliss-reactive ketones (excluding diaryl/α,β-unsaturated/α-hetero) is 1. The summed E-state index contributed by atoms with van der Waals surface area (Å²) in [6.07, 6.45) is 1.99. The molecule has 0 atom stereocenters. The average molecular weight is 273 g/mol. The summed E-state index contributed by atoms with van der Waals surface area (Å²) < 4.78 is 1.49.